The summed E-state index contributed by atoms with van der Waals surface area (Å²) >= 11 is 1.03. The number of methoxy groups -OCH3 is 1. The van der Waals surface area contributed by atoms with Crippen molar-refractivity contribution in [1.29, 1.82) is 0 Å². The molecule has 0 atom stereocenters. The third-order valence-corrected chi connectivity index (χ3v) is 3.37. The minimum atomic E-state index is -0.594. The van der Waals surface area contributed by atoms with Crippen molar-refractivity contribution in [1.82, 2.24) is 10.3 Å². The molecule has 0 aliphatic carbocycles. The molecule has 7 nitrogen and oxygen atoms in total. The second-order valence-corrected chi connectivity index (χ2v) is 4.95. The zero-order chi connectivity index (χ0) is 15.2. The molecular weight excluding hydrogens is 292 g/mol. The van der Waals surface area contributed by atoms with E-state index in [-0.39, 0.29) is 4.91 Å². The molecule has 1 fully saturated rings. The van der Waals surface area contributed by atoms with Gasteiger partial charge < -0.3 is 4.74 Å². The average molecular weight is 304 g/mol. The number of esters is 1. The Hall–Kier alpha value is -2.48. The fourth-order valence-corrected chi connectivity index (χ4v) is 2.13. The molecule has 0 saturated carbocycles. The Morgan fingerprint density at radius 1 is 1.52 bits per heavy atom. The summed E-state index contributed by atoms with van der Waals surface area (Å²) in [5, 5.41) is 10.8. The lowest BCUT2D eigenvalue weighted by molar-refractivity contribution is -0.135. The van der Waals surface area contributed by atoms with Crippen LogP contribution < -0.4 is 5.32 Å². The van der Waals surface area contributed by atoms with Gasteiger partial charge in [-0.05, 0) is 24.8 Å². The summed E-state index contributed by atoms with van der Waals surface area (Å²) in [5.41, 5.74) is 1.50. The molecule has 0 aromatic carbocycles. The normalized spacial score (nSPS) is 19.0. The molecule has 1 amide bonds. The van der Waals surface area contributed by atoms with E-state index in [1.54, 1.807) is 25.4 Å². The summed E-state index contributed by atoms with van der Waals surface area (Å²) < 4.78 is 4.47. The van der Waals surface area contributed by atoms with Crippen LogP contribution in [0.1, 0.15) is 12.5 Å². The molecule has 0 unspecified atom stereocenters. The molecular formula is C13H12N4O3S. The van der Waals surface area contributed by atoms with Crippen LogP contribution in [0.4, 0.5) is 0 Å². The SMILES string of the molecule is COC(=O)/C=C1\S/C(=N\N=C(\C)c2cccnc2)NC1=O. The number of nitrogens with one attached hydrogen (secondary N) is 1. The van der Waals surface area contributed by atoms with Crippen molar-refractivity contribution >= 4 is 34.5 Å². The van der Waals surface area contributed by atoms with Crippen LogP contribution >= 0.6 is 11.8 Å². The number of carbonyl (C=O) groups is 2. The summed E-state index contributed by atoms with van der Waals surface area (Å²) in [7, 11) is 1.24. The van der Waals surface area contributed by atoms with Gasteiger partial charge in [0.2, 0.25) is 0 Å². The lowest BCUT2D eigenvalue weighted by Crippen LogP contribution is -2.19. The van der Waals surface area contributed by atoms with Crippen LogP contribution in [0.5, 0.6) is 0 Å². The summed E-state index contributed by atoms with van der Waals surface area (Å²) in [6, 6.07) is 3.65. The molecule has 8 heteroatoms. The van der Waals surface area contributed by atoms with Crippen LogP contribution in [0.15, 0.2) is 45.7 Å². The van der Waals surface area contributed by atoms with Crippen LogP contribution in [0.2, 0.25) is 0 Å². The van der Waals surface area contributed by atoms with Gasteiger partial charge in [0.05, 0.1) is 17.7 Å². The van der Waals surface area contributed by atoms with Gasteiger partial charge in [0.1, 0.15) is 0 Å². The Balaban J connectivity index is 2.12. The van der Waals surface area contributed by atoms with E-state index in [2.05, 4.69) is 25.2 Å². The van der Waals surface area contributed by atoms with Crippen molar-refractivity contribution in [3.05, 3.63) is 41.1 Å². The number of pyridine rings is 1. The first kappa shape index (κ1) is 14.9. The van der Waals surface area contributed by atoms with Crippen molar-refractivity contribution in [2.75, 3.05) is 7.11 Å². The second-order valence-electron chi connectivity index (χ2n) is 3.92. The van der Waals surface area contributed by atoms with Gasteiger partial charge in [0.25, 0.3) is 5.91 Å². The molecule has 1 aliphatic heterocycles. The first-order valence-electron chi connectivity index (χ1n) is 5.91. The third kappa shape index (κ3) is 3.99. The standard InChI is InChI=1S/C13H12N4O3S/c1-8(9-4-3-5-14-7-9)16-17-13-15-12(19)10(21-13)6-11(18)20-2/h3-7H,1-2H3,(H,15,17,19)/b10-6-,16-8-. The van der Waals surface area contributed by atoms with Crippen LogP contribution in [-0.2, 0) is 14.3 Å². The van der Waals surface area contributed by atoms with Gasteiger partial charge >= 0.3 is 5.97 Å². The maximum atomic E-state index is 11.6. The molecule has 1 saturated heterocycles. The van der Waals surface area contributed by atoms with E-state index in [1.807, 2.05) is 6.07 Å². The monoisotopic (exact) mass is 304 g/mol. The maximum absolute atomic E-state index is 11.6. The van der Waals surface area contributed by atoms with E-state index >= 15 is 0 Å². The van der Waals surface area contributed by atoms with Gasteiger partial charge in [-0.2, -0.15) is 5.10 Å². The fourth-order valence-electron chi connectivity index (χ4n) is 1.40. The van der Waals surface area contributed by atoms with E-state index in [0.29, 0.717) is 10.9 Å². The number of amides is 1. The topological polar surface area (TPSA) is 93.0 Å². The van der Waals surface area contributed by atoms with E-state index in [4.69, 9.17) is 0 Å². The molecule has 0 spiro atoms. The zero-order valence-corrected chi connectivity index (χ0v) is 12.2. The highest BCUT2D eigenvalue weighted by Gasteiger charge is 2.25. The largest absolute Gasteiger partial charge is 0.466 e. The van der Waals surface area contributed by atoms with Crippen LogP contribution in [-0.4, -0.2) is 34.8 Å². The number of thioether (sulfide) groups is 1. The number of amidine groups is 1. The van der Waals surface area contributed by atoms with Crippen LogP contribution in [0.25, 0.3) is 0 Å². The number of nitrogens with zero attached hydrogens (tertiary/aromatic N) is 3. The molecule has 0 radical (unpaired) electrons. The average Bonchev–Trinajstić information content (AvgIpc) is 2.85. The number of aromatic nitrogens is 1. The van der Waals surface area contributed by atoms with E-state index in [9.17, 15) is 9.59 Å². The first-order valence-corrected chi connectivity index (χ1v) is 6.73. The quantitative estimate of drug-likeness (QED) is 0.390. The molecule has 0 bridgehead atoms. The van der Waals surface area contributed by atoms with Crippen LogP contribution in [0, 0.1) is 0 Å². The third-order valence-electron chi connectivity index (χ3n) is 2.47. The summed E-state index contributed by atoms with van der Waals surface area (Å²) in [5.74, 6) is -0.998. The van der Waals surface area contributed by atoms with Gasteiger partial charge in [0, 0.05) is 24.0 Å². The maximum Gasteiger partial charge on any atom is 0.331 e. The Kier molecular flexibility index (Phi) is 4.83. The fraction of sp³-hybridized carbons (Fsp3) is 0.154. The number of hydrogen-bond donors (Lipinski definition) is 1. The molecule has 2 rings (SSSR count). The van der Waals surface area contributed by atoms with Crippen LogP contribution in [0.3, 0.4) is 0 Å². The Morgan fingerprint density at radius 2 is 2.33 bits per heavy atom. The van der Waals surface area contributed by atoms with Gasteiger partial charge in [-0.15, -0.1) is 5.10 Å². The molecule has 21 heavy (non-hydrogen) atoms. The molecule has 1 aromatic heterocycles. The molecule has 108 valence electrons. The predicted molar refractivity (Wildman–Crippen MR) is 79.7 cm³/mol. The minimum Gasteiger partial charge on any atom is -0.466 e. The van der Waals surface area contributed by atoms with Gasteiger partial charge in [-0.3, -0.25) is 15.1 Å². The van der Waals surface area contributed by atoms with Crippen molar-refractivity contribution < 1.29 is 14.3 Å². The summed E-state index contributed by atoms with van der Waals surface area (Å²) in [6.45, 7) is 1.79. The summed E-state index contributed by atoms with van der Waals surface area (Å²) in [4.78, 5) is 26.9. The van der Waals surface area contributed by atoms with E-state index in [0.717, 1.165) is 23.4 Å². The summed E-state index contributed by atoms with van der Waals surface area (Å²) in [6.07, 6.45) is 4.45. The molecule has 1 N–H and O–H groups in total. The van der Waals surface area contributed by atoms with Gasteiger partial charge in [0.15, 0.2) is 5.17 Å². The van der Waals surface area contributed by atoms with Crippen molar-refractivity contribution in [2.24, 2.45) is 10.2 Å². The number of rotatable bonds is 3. The van der Waals surface area contributed by atoms with Gasteiger partial charge in [-0.25, -0.2) is 4.79 Å². The zero-order valence-electron chi connectivity index (χ0n) is 11.4. The highest BCUT2D eigenvalue weighted by Crippen LogP contribution is 2.23. The van der Waals surface area contributed by atoms with Gasteiger partial charge in [-0.1, -0.05) is 6.07 Å². The Labute approximate surface area is 125 Å². The Morgan fingerprint density at radius 3 is 3.00 bits per heavy atom. The Bertz CT molecular complexity index is 653. The second kappa shape index (κ2) is 6.80. The number of hydrogen-bond acceptors (Lipinski definition) is 7. The highest BCUT2D eigenvalue weighted by molar-refractivity contribution is 8.18. The smallest absolute Gasteiger partial charge is 0.331 e. The molecule has 1 aliphatic rings. The van der Waals surface area contributed by atoms with Crippen molar-refractivity contribution in [3.63, 3.8) is 0 Å². The minimum absolute atomic E-state index is 0.217. The van der Waals surface area contributed by atoms with Crippen molar-refractivity contribution in [3.8, 4) is 0 Å². The van der Waals surface area contributed by atoms with Crippen molar-refractivity contribution in [2.45, 2.75) is 6.92 Å². The van der Waals surface area contributed by atoms with E-state index < -0.39 is 11.9 Å². The number of carbonyl (C=O) groups excluding carboxylic acids is 2. The molecule has 2 heterocycles. The predicted octanol–water partition coefficient (Wildman–Crippen LogP) is 1.08. The first-order chi connectivity index (χ1) is 10.1. The lowest BCUT2D eigenvalue weighted by atomic mass is 10.2. The highest BCUT2D eigenvalue weighted by atomic mass is 32.2. The van der Waals surface area contributed by atoms with E-state index in [1.165, 1.54) is 7.11 Å². The lowest BCUT2D eigenvalue weighted by Gasteiger charge is -1.96. The molecule has 1 aromatic rings. The number of ether oxygens (including phenoxy) is 1.